The van der Waals surface area contributed by atoms with Gasteiger partial charge < -0.3 is 15.2 Å². The van der Waals surface area contributed by atoms with E-state index in [0.29, 0.717) is 30.5 Å². The van der Waals surface area contributed by atoms with E-state index in [1.165, 1.54) is 4.40 Å². The Morgan fingerprint density at radius 2 is 2.30 bits per heavy atom. The fraction of sp³-hybridized carbons (Fsp3) is 0.462. The minimum Gasteiger partial charge on any atom is -0.395 e. The third-order valence-electron chi connectivity index (χ3n) is 3.55. The number of hydrogen-bond acceptors (Lipinski definition) is 5. The Labute approximate surface area is 115 Å². The van der Waals surface area contributed by atoms with E-state index in [0.717, 1.165) is 12.8 Å². The minimum atomic E-state index is -0.390. The van der Waals surface area contributed by atoms with Gasteiger partial charge in [-0.25, -0.2) is 4.98 Å². The number of rotatable bonds is 6. The van der Waals surface area contributed by atoms with Crippen LogP contribution in [-0.2, 0) is 6.54 Å². The van der Waals surface area contributed by atoms with Crippen molar-refractivity contribution >= 4 is 11.5 Å². The monoisotopic (exact) mass is 276 g/mol. The van der Waals surface area contributed by atoms with Gasteiger partial charge in [0.25, 0.3) is 0 Å². The molecule has 0 atom stereocenters. The quantitative estimate of drug-likeness (QED) is 0.633. The zero-order valence-electron chi connectivity index (χ0n) is 11.0. The fourth-order valence-electron chi connectivity index (χ4n) is 2.48. The highest BCUT2D eigenvalue weighted by atomic mass is 16.6. The highest BCUT2D eigenvalue weighted by molar-refractivity contribution is 5.48. The first-order chi connectivity index (χ1) is 9.70. The van der Waals surface area contributed by atoms with Gasteiger partial charge in [-0.3, -0.25) is 4.90 Å². The number of nitro groups is 1. The van der Waals surface area contributed by atoms with Crippen LogP contribution in [0, 0.1) is 10.1 Å². The smallest absolute Gasteiger partial charge is 0.352 e. The van der Waals surface area contributed by atoms with Crippen LogP contribution < -0.4 is 0 Å². The number of hydrogen-bond donors (Lipinski definition) is 1. The normalized spacial score (nSPS) is 15.1. The second-order valence-corrected chi connectivity index (χ2v) is 4.99. The molecule has 106 valence electrons. The third-order valence-corrected chi connectivity index (χ3v) is 3.55. The Hall–Kier alpha value is -1.99. The van der Waals surface area contributed by atoms with Gasteiger partial charge in [0.05, 0.1) is 12.8 Å². The van der Waals surface area contributed by atoms with Gasteiger partial charge in [-0.05, 0) is 23.8 Å². The predicted molar refractivity (Wildman–Crippen MR) is 72.4 cm³/mol. The molecule has 3 rings (SSSR count). The lowest BCUT2D eigenvalue weighted by molar-refractivity contribution is -0.391. The summed E-state index contributed by atoms with van der Waals surface area (Å²) < 4.78 is 1.50. The van der Waals surface area contributed by atoms with Gasteiger partial charge in [-0.2, -0.15) is 4.40 Å². The number of aliphatic hydroxyl groups excluding tert-OH is 1. The van der Waals surface area contributed by atoms with Crippen LogP contribution in [0.5, 0.6) is 0 Å². The van der Waals surface area contributed by atoms with E-state index in [9.17, 15) is 10.1 Å². The number of aliphatic hydroxyl groups is 1. The zero-order chi connectivity index (χ0) is 14.1. The molecule has 0 aromatic carbocycles. The van der Waals surface area contributed by atoms with Crippen molar-refractivity contribution in [1.29, 1.82) is 0 Å². The molecule has 2 aromatic heterocycles. The number of fused-ring (bicyclic) bond motifs is 1. The molecule has 1 aliphatic carbocycles. The van der Waals surface area contributed by atoms with Gasteiger partial charge in [-0.1, -0.05) is 6.07 Å². The van der Waals surface area contributed by atoms with E-state index >= 15 is 0 Å². The molecule has 7 nitrogen and oxygen atoms in total. The van der Waals surface area contributed by atoms with E-state index in [-0.39, 0.29) is 17.3 Å². The van der Waals surface area contributed by atoms with Gasteiger partial charge in [-0.15, -0.1) is 0 Å². The second-order valence-electron chi connectivity index (χ2n) is 4.99. The van der Waals surface area contributed by atoms with Crippen molar-refractivity contribution < 1.29 is 10.0 Å². The van der Waals surface area contributed by atoms with Crippen LogP contribution in [0.4, 0.5) is 5.82 Å². The maximum atomic E-state index is 11.3. The van der Waals surface area contributed by atoms with Crippen molar-refractivity contribution in [2.24, 2.45) is 0 Å². The van der Waals surface area contributed by atoms with Crippen molar-refractivity contribution in [2.45, 2.75) is 25.4 Å². The molecule has 0 aliphatic heterocycles. The fourth-order valence-corrected chi connectivity index (χ4v) is 2.48. The predicted octanol–water partition coefficient (Wildman–Crippen LogP) is 1.20. The van der Waals surface area contributed by atoms with Gasteiger partial charge in [0.2, 0.25) is 5.65 Å². The van der Waals surface area contributed by atoms with E-state index in [4.69, 9.17) is 5.11 Å². The summed E-state index contributed by atoms with van der Waals surface area (Å²) in [5.74, 6) is 0.0178. The van der Waals surface area contributed by atoms with Crippen LogP contribution in [0.25, 0.3) is 5.65 Å². The Morgan fingerprint density at radius 1 is 1.50 bits per heavy atom. The van der Waals surface area contributed by atoms with Crippen LogP contribution in [0.2, 0.25) is 0 Å². The van der Waals surface area contributed by atoms with Gasteiger partial charge in [0.15, 0.2) is 5.69 Å². The van der Waals surface area contributed by atoms with Gasteiger partial charge in [0.1, 0.15) is 0 Å². The van der Waals surface area contributed by atoms with Gasteiger partial charge >= 0.3 is 5.82 Å². The molecule has 1 fully saturated rings. The summed E-state index contributed by atoms with van der Waals surface area (Å²) in [5.41, 5.74) is 1.04. The van der Waals surface area contributed by atoms with Crippen LogP contribution in [0.1, 0.15) is 18.5 Å². The summed E-state index contributed by atoms with van der Waals surface area (Å²) in [4.78, 5) is 17.3. The molecule has 1 saturated carbocycles. The Bertz CT molecular complexity index is 636. The molecule has 0 saturated heterocycles. The molecule has 0 amide bonds. The first-order valence-electron chi connectivity index (χ1n) is 6.66. The second kappa shape index (κ2) is 5.18. The van der Waals surface area contributed by atoms with E-state index in [1.807, 2.05) is 6.07 Å². The van der Waals surface area contributed by atoms with Crippen molar-refractivity contribution in [3.63, 3.8) is 0 Å². The number of aromatic nitrogens is 2. The lowest BCUT2D eigenvalue weighted by atomic mass is 10.3. The third kappa shape index (κ3) is 2.37. The summed E-state index contributed by atoms with van der Waals surface area (Å²) in [6, 6.07) is 5.73. The van der Waals surface area contributed by atoms with E-state index in [2.05, 4.69) is 9.88 Å². The first kappa shape index (κ1) is 13.0. The van der Waals surface area contributed by atoms with E-state index < -0.39 is 0 Å². The molecule has 2 heterocycles. The zero-order valence-corrected chi connectivity index (χ0v) is 11.0. The van der Waals surface area contributed by atoms with Crippen LogP contribution >= 0.6 is 0 Å². The molecule has 20 heavy (non-hydrogen) atoms. The van der Waals surface area contributed by atoms with Crippen LogP contribution in [-0.4, -0.2) is 43.5 Å². The highest BCUT2D eigenvalue weighted by Crippen LogP contribution is 2.30. The molecule has 0 unspecified atom stereocenters. The molecule has 0 spiro atoms. The molecular formula is C13H16N4O3. The number of imidazole rings is 1. The minimum absolute atomic E-state index is 0.0178. The Morgan fingerprint density at radius 3 is 2.95 bits per heavy atom. The van der Waals surface area contributed by atoms with Crippen LogP contribution in [0.3, 0.4) is 0 Å². The molecule has 1 N–H and O–H groups in total. The Balaban J connectivity index is 1.97. The first-order valence-corrected chi connectivity index (χ1v) is 6.66. The molecule has 7 heteroatoms. The lowest BCUT2D eigenvalue weighted by Crippen LogP contribution is -2.29. The maximum Gasteiger partial charge on any atom is 0.352 e. The van der Waals surface area contributed by atoms with Crippen molar-refractivity contribution in [2.75, 3.05) is 13.2 Å². The topological polar surface area (TPSA) is 83.9 Å². The van der Waals surface area contributed by atoms with E-state index in [1.54, 1.807) is 18.3 Å². The molecule has 1 aliphatic rings. The maximum absolute atomic E-state index is 11.3. The van der Waals surface area contributed by atoms with Crippen LogP contribution in [0.15, 0.2) is 24.4 Å². The average molecular weight is 276 g/mol. The van der Waals surface area contributed by atoms with Crippen molar-refractivity contribution in [3.8, 4) is 0 Å². The largest absolute Gasteiger partial charge is 0.395 e. The molecule has 2 aromatic rings. The SMILES string of the molecule is O=[N+]([O-])c1c(CN(CCO)C2CC2)nc2ccccn12. The number of pyridine rings is 1. The molecular weight excluding hydrogens is 260 g/mol. The average Bonchev–Trinajstić information content (AvgIpc) is 3.19. The van der Waals surface area contributed by atoms with Gasteiger partial charge in [0, 0.05) is 25.2 Å². The summed E-state index contributed by atoms with van der Waals surface area (Å²) in [6.45, 7) is 0.983. The molecule has 0 radical (unpaired) electrons. The van der Waals surface area contributed by atoms with Crippen molar-refractivity contribution in [3.05, 3.63) is 40.2 Å². The van der Waals surface area contributed by atoms with Crippen molar-refractivity contribution in [1.82, 2.24) is 14.3 Å². The standard InChI is InChI=1S/C13H16N4O3/c18-8-7-15(10-4-5-10)9-11-13(17(19)20)16-6-2-1-3-12(16)14-11/h1-3,6,10,18H,4-5,7-9H2. The number of nitrogens with zero attached hydrogens (tertiary/aromatic N) is 4. The summed E-state index contributed by atoms with van der Waals surface area (Å²) in [5, 5.41) is 20.4. The lowest BCUT2D eigenvalue weighted by Gasteiger charge is -2.19. The summed E-state index contributed by atoms with van der Waals surface area (Å²) >= 11 is 0. The summed E-state index contributed by atoms with van der Waals surface area (Å²) in [6.07, 6.45) is 3.82. The summed E-state index contributed by atoms with van der Waals surface area (Å²) in [7, 11) is 0. The highest BCUT2D eigenvalue weighted by Gasteiger charge is 2.32. The Kier molecular flexibility index (Phi) is 3.37. The molecule has 0 bridgehead atoms.